The highest BCUT2D eigenvalue weighted by molar-refractivity contribution is 5.88. The maximum Gasteiger partial charge on any atom is 0.242 e. The number of carbonyl (C=O) groups is 2. The van der Waals surface area contributed by atoms with E-state index in [1.54, 1.807) is 0 Å². The van der Waals surface area contributed by atoms with Gasteiger partial charge in [-0.1, -0.05) is 48.5 Å². The zero-order chi connectivity index (χ0) is 18.4. The van der Waals surface area contributed by atoms with Gasteiger partial charge in [0.05, 0.1) is 0 Å². The maximum atomic E-state index is 12.6. The molecule has 1 aliphatic heterocycles. The molecule has 0 saturated carbocycles. The van der Waals surface area contributed by atoms with Crippen LogP contribution >= 0.6 is 0 Å². The number of nitrogens with one attached hydrogen (secondary N) is 2. The number of hydrogen-bond donors (Lipinski definition) is 2. The van der Waals surface area contributed by atoms with Crippen LogP contribution in [-0.2, 0) is 9.59 Å². The predicted molar refractivity (Wildman–Crippen MR) is 103 cm³/mol. The molecule has 2 aromatic rings. The summed E-state index contributed by atoms with van der Waals surface area (Å²) in [5.74, 6) is 1.09. The van der Waals surface area contributed by atoms with E-state index in [1.807, 2.05) is 0 Å². The average molecular weight is 360 g/mol. The Hall–Kier alpha value is -2.62. The van der Waals surface area contributed by atoms with Gasteiger partial charge in [0.25, 0.3) is 0 Å². The molecule has 1 saturated heterocycles. The van der Waals surface area contributed by atoms with Crippen molar-refractivity contribution in [2.75, 3.05) is 6.54 Å². The van der Waals surface area contributed by atoms with Crippen molar-refractivity contribution < 1.29 is 9.59 Å². The van der Waals surface area contributed by atoms with Crippen molar-refractivity contribution in [1.29, 1.82) is 0 Å². The SMILES string of the molecule is O=C1CCC[C@H](C(=O)NC[C@@H]2CC3c4ccccc4C2c2ccccc23)N1. The van der Waals surface area contributed by atoms with Crippen molar-refractivity contribution in [1.82, 2.24) is 10.6 Å². The Kier molecular flexibility index (Phi) is 4.00. The minimum atomic E-state index is -0.369. The first kappa shape index (κ1) is 16.5. The molecule has 3 aliphatic carbocycles. The first-order valence-electron chi connectivity index (χ1n) is 9.97. The number of carbonyl (C=O) groups excluding carboxylic acids is 2. The minimum absolute atomic E-state index is 0.0130. The summed E-state index contributed by atoms with van der Waals surface area (Å²) < 4.78 is 0. The third-order valence-corrected chi connectivity index (χ3v) is 6.51. The Morgan fingerprint density at radius 2 is 1.63 bits per heavy atom. The Balaban J connectivity index is 1.38. The van der Waals surface area contributed by atoms with Gasteiger partial charge in [0.1, 0.15) is 6.04 Å². The van der Waals surface area contributed by atoms with Crippen molar-refractivity contribution in [3.8, 4) is 0 Å². The van der Waals surface area contributed by atoms with E-state index < -0.39 is 0 Å². The van der Waals surface area contributed by atoms with Crippen LogP contribution in [0.15, 0.2) is 48.5 Å². The molecular formula is C23H24N2O2. The molecule has 6 rings (SSSR count). The van der Waals surface area contributed by atoms with Crippen molar-refractivity contribution >= 4 is 11.8 Å². The van der Waals surface area contributed by atoms with E-state index in [1.165, 1.54) is 22.3 Å². The van der Waals surface area contributed by atoms with E-state index in [4.69, 9.17) is 0 Å². The van der Waals surface area contributed by atoms with Gasteiger partial charge in [-0.2, -0.15) is 0 Å². The fourth-order valence-electron chi connectivity index (χ4n) is 5.32. The summed E-state index contributed by atoms with van der Waals surface area (Å²) >= 11 is 0. The van der Waals surface area contributed by atoms with Crippen LogP contribution < -0.4 is 10.6 Å². The Morgan fingerprint density at radius 1 is 1.00 bits per heavy atom. The van der Waals surface area contributed by atoms with Gasteiger partial charge in [0, 0.05) is 24.8 Å². The molecule has 2 atom stereocenters. The Morgan fingerprint density at radius 3 is 2.26 bits per heavy atom. The lowest BCUT2D eigenvalue weighted by atomic mass is 9.59. The molecule has 2 N–H and O–H groups in total. The summed E-state index contributed by atoms with van der Waals surface area (Å²) in [6, 6.07) is 17.1. The smallest absolute Gasteiger partial charge is 0.242 e. The van der Waals surface area contributed by atoms with E-state index >= 15 is 0 Å². The van der Waals surface area contributed by atoms with Gasteiger partial charge >= 0.3 is 0 Å². The van der Waals surface area contributed by atoms with Crippen LogP contribution in [0, 0.1) is 5.92 Å². The second kappa shape index (κ2) is 6.52. The van der Waals surface area contributed by atoms with Gasteiger partial charge in [0.2, 0.25) is 11.8 Å². The number of rotatable bonds is 3. The lowest BCUT2D eigenvalue weighted by Crippen LogP contribution is -2.50. The van der Waals surface area contributed by atoms with E-state index in [-0.39, 0.29) is 17.9 Å². The molecule has 4 heteroatoms. The predicted octanol–water partition coefficient (Wildman–Crippen LogP) is 3.07. The summed E-state index contributed by atoms with van der Waals surface area (Å²) in [5.41, 5.74) is 5.72. The van der Waals surface area contributed by atoms with E-state index in [9.17, 15) is 9.59 Å². The number of benzene rings is 2. The van der Waals surface area contributed by atoms with Crippen molar-refractivity contribution in [2.45, 2.75) is 43.6 Å². The molecule has 1 fully saturated rings. The Labute approximate surface area is 159 Å². The molecule has 2 aromatic carbocycles. The largest absolute Gasteiger partial charge is 0.354 e. The summed E-state index contributed by atoms with van der Waals surface area (Å²) in [6.07, 6.45) is 3.12. The lowest BCUT2D eigenvalue weighted by Gasteiger charge is -2.45. The molecule has 0 unspecified atom stereocenters. The third-order valence-electron chi connectivity index (χ3n) is 6.51. The lowest BCUT2D eigenvalue weighted by molar-refractivity contribution is -0.131. The third kappa shape index (κ3) is 2.75. The van der Waals surface area contributed by atoms with Crippen LogP contribution in [0.2, 0.25) is 0 Å². The molecular weight excluding hydrogens is 336 g/mol. The topological polar surface area (TPSA) is 58.2 Å². The second-order valence-corrected chi connectivity index (χ2v) is 8.04. The standard InChI is InChI=1S/C23H24N2O2/c26-21-11-5-10-20(25-21)23(27)24-13-14-12-19-15-6-1-3-8-17(15)22(14)18-9-4-2-7-16(18)19/h1-4,6-9,14,19-20,22H,5,10-13H2,(H,24,27)(H,25,26)/t14-,19?,20+,22?/m0/s1. The van der Waals surface area contributed by atoms with Gasteiger partial charge in [-0.05, 0) is 47.4 Å². The molecule has 0 radical (unpaired) electrons. The van der Waals surface area contributed by atoms with Gasteiger partial charge in [-0.25, -0.2) is 0 Å². The fraction of sp³-hybridized carbons (Fsp3) is 0.391. The highest BCUT2D eigenvalue weighted by atomic mass is 16.2. The summed E-state index contributed by atoms with van der Waals surface area (Å²) in [4.78, 5) is 24.1. The molecule has 27 heavy (non-hydrogen) atoms. The second-order valence-electron chi connectivity index (χ2n) is 8.04. The molecule has 4 aliphatic rings. The summed E-state index contributed by atoms with van der Waals surface area (Å²) in [7, 11) is 0. The number of fused-ring (bicyclic) bond motifs is 1. The van der Waals surface area contributed by atoms with Crippen LogP contribution in [0.1, 0.15) is 59.8 Å². The molecule has 1 heterocycles. The van der Waals surface area contributed by atoms with Gasteiger partial charge < -0.3 is 10.6 Å². The van der Waals surface area contributed by atoms with E-state index in [0.717, 1.165) is 19.3 Å². The first-order chi connectivity index (χ1) is 13.2. The van der Waals surface area contributed by atoms with E-state index in [0.29, 0.717) is 30.7 Å². The quantitative estimate of drug-likeness (QED) is 0.884. The zero-order valence-electron chi connectivity index (χ0n) is 15.3. The van der Waals surface area contributed by atoms with Crippen LogP contribution in [-0.4, -0.2) is 24.4 Å². The van der Waals surface area contributed by atoms with Crippen LogP contribution in [0.25, 0.3) is 0 Å². The highest BCUT2D eigenvalue weighted by Crippen LogP contribution is 2.55. The number of piperidine rings is 1. The van der Waals surface area contributed by atoms with Gasteiger partial charge in [-0.15, -0.1) is 0 Å². The molecule has 2 amide bonds. The first-order valence-corrected chi connectivity index (χ1v) is 9.97. The van der Waals surface area contributed by atoms with Crippen LogP contribution in [0.3, 0.4) is 0 Å². The maximum absolute atomic E-state index is 12.6. The van der Waals surface area contributed by atoms with Crippen molar-refractivity contribution in [2.24, 2.45) is 5.92 Å². The van der Waals surface area contributed by atoms with E-state index in [2.05, 4.69) is 59.2 Å². The molecule has 2 bridgehead atoms. The normalized spacial score (nSPS) is 28.1. The number of amides is 2. The number of hydrogen-bond acceptors (Lipinski definition) is 2. The zero-order valence-corrected chi connectivity index (χ0v) is 15.3. The monoisotopic (exact) mass is 360 g/mol. The molecule has 138 valence electrons. The fourth-order valence-corrected chi connectivity index (χ4v) is 5.32. The van der Waals surface area contributed by atoms with Gasteiger partial charge in [-0.3, -0.25) is 9.59 Å². The van der Waals surface area contributed by atoms with Gasteiger partial charge in [0.15, 0.2) is 0 Å². The Bertz CT molecular complexity index is 859. The highest BCUT2D eigenvalue weighted by Gasteiger charge is 2.43. The minimum Gasteiger partial charge on any atom is -0.354 e. The average Bonchev–Trinajstić information content (AvgIpc) is 2.72. The molecule has 4 nitrogen and oxygen atoms in total. The summed E-state index contributed by atoms with van der Waals surface area (Å²) in [5, 5.41) is 5.95. The molecule has 0 spiro atoms. The van der Waals surface area contributed by atoms with Crippen molar-refractivity contribution in [3.05, 3.63) is 70.8 Å². The molecule has 0 aromatic heterocycles. The van der Waals surface area contributed by atoms with Crippen molar-refractivity contribution in [3.63, 3.8) is 0 Å². The van der Waals surface area contributed by atoms with Crippen LogP contribution in [0.5, 0.6) is 0 Å². The summed E-state index contributed by atoms with van der Waals surface area (Å²) in [6.45, 7) is 0.662. The van der Waals surface area contributed by atoms with Crippen LogP contribution in [0.4, 0.5) is 0 Å².